The Morgan fingerprint density at radius 2 is 1.88 bits per heavy atom. The third kappa shape index (κ3) is 5.10. The molecule has 2 aliphatic heterocycles. The lowest BCUT2D eigenvalue weighted by Gasteiger charge is -2.38. The minimum Gasteiger partial charge on any atom is -0.491 e. The molecular formula is C18H27ClN2O3. The summed E-state index contributed by atoms with van der Waals surface area (Å²) in [6.45, 7) is 5.02. The second-order valence-corrected chi connectivity index (χ2v) is 6.52. The molecule has 2 aliphatic rings. The van der Waals surface area contributed by atoms with Crippen molar-refractivity contribution in [3.05, 3.63) is 30.3 Å². The number of amides is 1. The van der Waals surface area contributed by atoms with E-state index in [1.54, 1.807) is 0 Å². The SMILES string of the molecule is Cl.O=C(COCCOc1ccccc1)N1CCC2(CCNC2)CC1. The van der Waals surface area contributed by atoms with E-state index >= 15 is 0 Å². The van der Waals surface area contributed by atoms with Crippen molar-refractivity contribution in [3.63, 3.8) is 0 Å². The number of para-hydroxylation sites is 1. The normalized spacial score (nSPS) is 19.1. The summed E-state index contributed by atoms with van der Waals surface area (Å²) in [5.41, 5.74) is 0.446. The van der Waals surface area contributed by atoms with Gasteiger partial charge in [0.2, 0.25) is 5.91 Å². The average Bonchev–Trinajstić information content (AvgIpc) is 3.04. The first-order chi connectivity index (χ1) is 11.3. The van der Waals surface area contributed by atoms with E-state index in [2.05, 4.69) is 5.32 Å². The Labute approximate surface area is 150 Å². The van der Waals surface area contributed by atoms with E-state index in [0.717, 1.165) is 44.8 Å². The molecule has 0 atom stereocenters. The number of carbonyl (C=O) groups is 1. The first kappa shape index (κ1) is 19.0. The van der Waals surface area contributed by atoms with E-state index in [9.17, 15) is 4.79 Å². The van der Waals surface area contributed by atoms with Crippen LogP contribution in [-0.4, -0.2) is 56.8 Å². The zero-order chi connectivity index (χ0) is 16.0. The van der Waals surface area contributed by atoms with E-state index in [4.69, 9.17) is 9.47 Å². The minimum absolute atomic E-state index is 0. The lowest BCUT2D eigenvalue weighted by atomic mass is 9.78. The highest BCUT2D eigenvalue weighted by molar-refractivity contribution is 5.85. The molecule has 1 amide bonds. The van der Waals surface area contributed by atoms with Crippen molar-refractivity contribution >= 4 is 18.3 Å². The molecule has 1 N–H and O–H groups in total. The zero-order valence-corrected chi connectivity index (χ0v) is 14.9. The van der Waals surface area contributed by atoms with Crippen molar-refractivity contribution in [1.82, 2.24) is 10.2 Å². The highest BCUT2D eigenvalue weighted by atomic mass is 35.5. The standard InChI is InChI=1S/C18H26N2O3.ClH/c21-17(14-22-12-13-23-16-4-2-1-3-5-16)20-10-7-18(8-11-20)6-9-19-15-18;/h1-5,19H,6-15H2;1H. The molecule has 1 spiro atoms. The highest BCUT2D eigenvalue weighted by Gasteiger charge is 2.37. The number of halogens is 1. The molecule has 1 aromatic carbocycles. The monoisotopic (exact) mass is 354 g/mol. The third-order valence-corrected chi connectivity index (χ3v) is 4.97. The number of hydrogen-bond acceptors (Lipinski definition) is 4. The maximum Gasteiger partial charge on any atom is 0.248 e. The Morgan fingerprint density at radius 1 is 1.12 bits per heavy atom. The molecule has 0 unspecified atom stereocenters. The van der Waals surface area contributed by atoms with E-state index < -0.39 is 0 Å². The maximum absolute atomic E-state index is 12.2. The van der Waals surface area contributed by atoms with Gasteiger partial charge in [0.15, 0.2) is 0 Å². The van der Waals surface area contributed by atoms with Crippen LogP contribution in [0.3, 0.4) is 0 Å². The summed E-state index contributed by atoms with van der Waals surface area (Å²) in [6.07, 6.45) is 3.48. The minimum atomic E-state index is 0. The molecule has 5 nitrogen and oxygen atoms in total. The van der Waals surface area contributed by atoms with Gasteiger partial charge in [0.1, 0.15) is 19.0 Å². The fourth-order valence-electron chi connectivity index (χ4n) is 3.44. The molecule has 0 bridgehead atoms. The summed E-state index contributed by atoms with van der Waals surface area (Å²) in [6, 6.07) is 9.64. The molecule has 0 aromatic heterocycles. The maximum atomic E-state index is 12.2. The van der Waals surface area contributed by atoms with Gasteiger partial charge in [-0.3, -0.25) is 4.79 Å². The van der Waals surface area contributed by atoms with Gasteiger partial charge in [-0.2, -0.15) is 0 Å². The highest BCUT2D eigenvalue weighted by Crippen LogP contribution is 2.36. The third-order valence-electron chi connectivity index (χ3n) is 4.97. The number of likely N-dealkylation sites (tertiary alicyclic amines) is 1. The Morgan fingerprint density at radius 3 is 2.54 bits per heavy atom. The summed E-state index contributed by atoms with van der Waals surface area (Å²) in [4.78, 5) is 14.1. The van der Waals surface area contributed by atoms with Gasteiger partial charge in [0, 0.05) is 19.6 Å². The van der Waals surface area contributed by atoms with E-state index in [1.165, 1.54) is 6.42 Å². The van der Waals surface area contributed by atoms with Gasteiger partial charge in [-0.15, -0.1) is 12.4 Å². The number of hydrogen-bond donors (Lipinski definition) is 1. The number of nitrogens with zero attached hydrogens (tertiary/aromatic N) is 1. The molecule has 1 aromatic rings. The van der Waals surface area contributed by atoms with Gasteiger partial charge in [0.25, 0.3) is 0 Å². The smallest absolute Gasteiger partial charge is 0.248 e. The van der Waals surface area contributed by atoms with E-state index in [1.807, 2.05) is 35.2 Å². The summed E-state index contributed by atoms with van der Waals surface area (Å²) in [5.74, 6) is 0.930. The number of rotatable bonds is 6. The van der Waals surface area contributed by atoms with Crippen LogP contribution in [0.5, 0.6) is 5.75 Å². The van der Waals surface area contributed by atoms with E-state index in [-0.39, 0.29) is 24.9 Å². The molecule has 2 saturated heterocycles. The molecule has 134 valence electrons. The second kappa shape index (κ2) is 9.25. The molecule has 2 heterocycles. The number of benzene rings is 1. The Hall–Kier alpha value is -1.30. The summed E-state index contributed by atoms with van der Waals surface area (Å²) >= 11 is 0. The quantitative estimate of drug-likeness (QED) is 0.795. The Balaban J connectivity index is 0.00000208. The molecular weight excluding hydrogens is 328 g/mol. The largest absolute Gasteiger partial charge is 0.491 e. The van der Waals surface area contributed by atoms with Gasteiger partial charge in [-0.05, 0) is 43.4 Å². The number of carbonyl (C=O) groups excluding carboxylic acids is 1. The average molecular weight is 355 g/mol. The van der Waals surface area contributed by atoms with Crippen LogP contribution in [0.15, 0.2) is 30.3 Å². The van der Waals surface area contributed by atoms with Crippen LogP contribution in [0.2, 0.25) is 0 Å². The molecule has 0 aliphatic carbocycles. The van der Waals surface area contributed by atoms with Crippen molar-refractivity contribution < 1.29 is 14.3 Å². The van der Waals surface area contributed by atoms with Crippen LogP contribution in [0, 0.1) is 5.41 Å². The van der Waals surface area contributed by atoms with Crippen LogP contribution in [-0.2, 0) is 9.53 Å². The number of piperidine rings is 1. The number of ether oxygens (including phenoxy) is 2. The Kier molecular flexibility index (Phi) is 7.34. The predicted molar refractivity (Wildman–Crippen MR) is 95.7 cm³/mol. The summed E-state index contributed by atoms with van der Waals surface area (Å²) < 4.78 is 11.0. The molecule has 0 saturated carbocycles. The molecule has 0 radical (unpaired) electrons. The van der Waals surface area contributed by atoms with Crippen LogP contribution >= 0.6 is 12.4 Å². The lowest BCUT2D eigenvalue weighted by molar-refractivity contribution is -0.138. The summed E-state index contributed by atoms with van der Waals surface area (Å²) in [5, 5.41) is 3.45. The molecule has 6 heteroatoms. The lowest BCUT2D eigenvalue weighted by Crippen LogP contribution is -2.45. The fraction of sp³-hybridized carbons (Fsp3) is 0.611. The van der Waals surface area contributed by atoms with Gasteiger partial charge >= 0.3 is 0 Å². The first-order valence-electron chi connectivity index (χ1n) is 8.52. The van der Waals surface area contributed by atoms with E-state index in [0.29, 0.717) is 18.6 Å². The van der Waals surface area contributed by atoms with Crippen molar-refractivity contribution in [2.75, 3.05) is 46.0 Å². The topological polar surface area (TPSA) is 50.8 Å². The summed E-state index contributed by atoms with van der Waals surface area (Å²) in [7, 11) is 0. The van der Waals surface area contributed by atoms with Crippen molar-refractivity contribution in [3.8, 4) is 5.75 Å². The van der Waals surface area contributed by atoms with Gasteiger partial charge in [-0.25, -0.2) is 0 Å². The fourth-order valence-corrected chi connectivity index (χ4v) is 3.44. The molecule has 3 rings (SSSR count). The van der Waals surface area contributed by atoms with Crippen molar-refractivity contribution in [2.45, 2.75) is 19.3 Å². The van der Waals surface area contributed by atoms with Crippen LogP contribution in [0.1, 0.15) is 19.3 Å². The number of nitrogens with one attached hydrogen (secondary N) is 1. The first-order valence-corrected chi connectivity index (χ1v) is 8.52. The van der Waals surface area contributed by atoms with Gasteiger partial charge < -0.3 is 19.7 Å². The van der Waals surface area contributed by atoms with Crippen LogP contribution in [0.4, 0.5) is 0 Å². The van der Waals surface area contributed by atoms with Crippen LogP contribution < -0.4 is 10.1 Å². The zero-order valence-electron chi connectivity index (χ0n) is 14.0. The van der Waals surface area contributed by atoms with Gasteiger partial charge in [-0.1, -0.05) is 18.2 Å². The molecule has 2 fully saturated rings. The predicted octanol–water partition coefficient (Wildman–Crippen LogP) is 2.11. The van der Waals surface area contributed by atoms with Gasteiger partial charge in [0.05, 0.1) is 6.61 Å². The Bertz CT molecular complexity index is 496. The second-order valence-electron chi connectivity index (χ2n) is 6.52. The van der Waals surface area contributed by atoms with Crippen molar-refractivity contribution in [2.24, 2.45) is 5.41 Å². The molecule has 24 heavy (non-hydrogen) atoms. The van der Waals surface area contributed by atoms with Crippen LogP contribution in [0.25, 0.3) is 0 Å². The van der Waals surface area contributed by atoms with Crippen molar-refractivity contribution in [1.29, 1.82) is 0 Å².